The third kappa shape index (κ3) is 3.89. The summed E-state index contributed by atoms with van der Waals surface area (Å²) in [5, 5.41) is 0. The summed E-state index contributed by atoms with van der Waals surface area (Å²) in [4.78, 5) is 20.8. The molecule has 122 valence electrons. The van der Waals surface area contributed by atoms with Gasteiger partial charge in [0, 0.05) is 43.8 Å². The predicted molar refractivity (Wildman–Crippen MR) is 94.7 cm³/mol. The molecule has 1 aromatic carbocycles. The van der Waals surface area contributed by atoms with E-state index in [2.05, 4.69) is 23.7 Å². The molecule has 0 aliphatic rings. The quantitative estimate of drug-likeness (QED) is 0.815. The number of pyridine rings is 1. The smallest absolute Gasteiger partial charge is 0.254 e. The first-order valence-electron chi connectivity index (χ1n) is 8.10. The van der Waals surface area contributed by atoms with E-state index in [1.54, 1.807) is 17.3 Å². The Hall–Kier alpha value is -2.36. The fourth-order valence-corrected chi connectivity index (χ4v) is 2.63. The van der Waals surface area contributed by atoms with Gasteiger partial charge in [-0.25, -0.2) is 0 Å². The van der Waals surface area contributed by atoms with Crippen molar-refractivity contribution >= 4 is 11.6 Å². The van der Waals surface area contributed by atoms with Gasteiger partial charge in [-0.2, -0.15) is 0 Å². The van der Waals surface area contributed by atoms with Gasteiger partial charge in [0.15, 0.2) is 0 Å². The molecule has 1 atom stereocenters. The van der Waals surface area contributed by atoms with Crippen LogP contribution in [0.15, 0.2) is 48.8 Å². The van der Waals surface area contributed by atoms with Crippen LogP contribution in [0.4, 0.5) is 5.69 Å². The highest BCUT2D eigenvalue weighted by Gasteiger charge is 2.19. The minimum atomic E-state index is -0.0151. The summed E-state index contributed by atoms with van der Waals surface area (Å²) in [6.07, 6.45) is 3.54. The van der Waals surface area contributed by atoms with Crippen LogP contribution < -0.4 is 4.90 Å². The van der Waals surface area contributed by atoms with Crippen molar-refractivity contribution in [1.82, 2.24) is 9.88 Å². The molecule has 1 aromatic heterocycles. The maximum Gasteiger partial charge on any atom is 0.254 e. The van der Waals surface area contributed by atoms with Gasteiger partial charge in [0.2, 0.25) is 0 Å². The zero-order valence-corrected chi connectivity index (χ0v) is 14.4. The number of benzene rings is 1. The van der Waals surface area contributed by atoms with Gasteiger partial charge in [0.05, 0.1) is 6.04 Å². The van der Waals surface area contributed by atoms with E-state index in [9.17, 15) is 4.79 Å². The van der Waals surface area contributed by atoms with E-state index < -0.39 is 0 Å². The van der Waals surface area contributed by atoms with Crippen LogP contribution in [0.2, 0.25) is 0 Å². The highest BCUT2D eigenvalue weighted by Crippen LogP contribution is 2.21. The first-order valence-corrected chi connectivity index (χ1v) is 8.10. The van der Waals surface area contributed by atoms with Crippen LogP contribution in [0.25, 0.3) is 0 Å². The lowest BCUT2D eigenvalue weighted by Gasteiger charge is -2.26. The van der Waals surface area contributed by atoms with Crippen molar-refractivity contribution in [2.45, 2.75) is 26.8 Å². The summed E-state index contributed by atoms with van der Waals surface area (Å²) in [5.41, 5.74) is 2.89. The Bertz CT molecular complexity index is 621. The van der Waals surface area contributed by atoms with Crippen molar-refractivity contribution in [1.29, 1.82) is 0 Å². The van der Waals surface area contributed by atoms with Gasteiger partial charge in [-0.1, -0.05) is 6.07 Å². The fraction of sp³-hybridized carbons (Fsp3) is 0.368. The average Bonchev–Trinajstić information content (AvgIpc) is 2.62. The van der Waals surface area contributed by atoms with E-state index in [0.29, 0.717) is 5.56 Å². The Kier molecular flexibility index (Phi) is 5.74. The molecule has 0 aliphatic heterocycles. The molecule has 4 nitrogen and oxygen atoms in total. The van der Waals surface area contributed by atoms with Crippen LogP contribution in [0.3, 0.4) is 0 Å². The van der Waals surface area contributed by atoms with Crippen LogP contribution in [-0.2, 0) is 0 Å². The van der Waals surface area contributed by atoms with Crippen LogP contribution in [0.1, 0.15) is 42.7 Å². The predicted octanol–water partition coefficient (Wildman–Crippen LogP) is 3.76. The Morgan fingerprint density at radius 3 is 2.30 bits per heavy atom. The molecule has 1 heterocycles. The number of nitrogens with zero attached hydrogens (tertiary/aromatic N) is 3. The Morgan fingerprint density at radius 1 is 1.13 bits per heavy atom. The van der Waals surface area contributed by atoms with Gasteiger partial charge in [-0.05, 0) is 56.7 Å². The average molecular weight is 311 g/mol. The Morgan fingerprint density at radius 2 is 1.78 bits per heavy atom. The second-order valence-corrected chi connectivity index (χ2v) is 5.60. The minimum absolute atomic E-state index is 0.0151. The molecule has 0 spiro atoms. The largest absolute Gasteiger partial charge is 0.372 e. The zero-order chi connectivity index (χ0) is 16.8. The summed E-state index contributed by atoms with van der Waals surface area (Å²) in [6.45, 7) is 8.19. The summed E-state index contributed by atoms with van der Waals surface area (Å²) < 4.78 is 0. The highest BCUT2D eigenvalue weighted by atomic mass is 16.2. The monoisotopic (exact) mass is 311 g/mol. The summed E-state index contributed by atoms with van der Waals surface area (Å²) >= 11 is 0. The van der Waals surface area contributed by atoms with Crippen molar-refractivity contribution in [2.24, 2.45) is 0 Å². The van der Waals surface area contributed by atoms with Gasteiger partial charge >= 0.3 is 0 Å². The van der Waals surface area contributed by atoms with Crippen molar-refractivity contribution in [3.8, 4) is 0 Å². The second kappa shape index (κ2) is 7.77. The van der Waals surface area contributed by atoms with Crippen LogP contribution in [-0.4, -0.2) is 35.9 Å². The molecule has 1 amide bonds. The van der Waals surface area contributed by atoms with E-state index in [1.165, 1.54) is 0 Å². The van der Waals surface area contributed by atoms with Crippen LogP contribution >= 0.6 is 0 Å². The number of hydrogen-bond acceptors (Lipinski definition) is 3. The number of carbonyl (C=O) groups excluding carboxylic acids is 1. The van der Waals surface area contributed by atoms with Gasteiger partial charge < -0.3 is 9.80 Å². The molecule has 0 aliphatic carbocycles. The van der Waals surface area contributed by atoms with Crippen LogP contribution in [0.5, 0.6) is 0 Å². The molecule has 0 radical (unpaired) electrons. The second-order valence-electron chi connectivity index (χ2n) is 5.60. The van der Waals surface area contributed by atoms with E-state index in [0.717, 1.165) is 24.3 Å². The van der Waals surface area contributed by atoms with Gasteiger partial charge in [0.25, 0.3) is 5.91 Å². The third-order valence-corrected chi connectivity index (χ3v) is 4.31. The molecule has 0 fully saturated rings. The first-order chi connectivity index (χ1) is 11.1. The maximum atomic E-state index is 12.7. The zero-order valence-electron chi connectivity index (χ0n) is 14.4. The van der Waals surface area contributed by atoms with Crippen molar-refractivity contribution < 1.29 is 4.79 Å². The van der Waals surface area contributed by atoms with Crippen molar-refractivity contribution in [3.63, 3.8) is 0 Å². The lowest BCUT2D eigenvalue weighted by molar-refractivity contribution is 0.0742. The molecule has 1 unspecified atom stereocenters. The summed E-state index contributed by atoms with van der Waals surface area (Å²) in [5.74, 6) is 0.0208. The highest BCUT2D eigenvalue weighted by molar-refractivity contribution is 5.94. The lowest BCUT2D eigenvalue weighted by atomic mass is 10.1. The normalized spacial score (nSPS) is 11.8. The van der Waals surface area contributed by atoms with E-state index in [1.807, 2.05) is 50.4 Å². The van der Waals surface area contributed by atoms with E-state index in [-0.39, 0.29) is 11.9 Å². The fourth-order valence-electron chi connectivity index (χ4n) is 2.63. The van der Waals surface area contributed by atoms with Gasteiger partial charge in [-0.3, -0.25) is 9.78 Å². The number of aromatic nitrogens is 1. The summed E-state index contributed by atoms with van der Waals surface area (Å²) in [6, 6.07) is 11.7. The Labute approximate surface area is 138 Å². The number of rotatable bonds is 6. The molecular weight excluding hydrogens is 286 g/mol. The Balaban J connectivity index is 2.13. The van der Waals surface area contributed by atoms with E-state index >= 15 is 0 Å². The standard InChI is InChI=1S/C19H25N3O/c1-5-22(6-2)18-11-9-16(10-12-18)19(23)21(4)15(3)17-8-7-13-20-14-17/h7-15H,5-6H2,1-4H3. The van der Waals surface area contributed by atoms with Gasteiger partial charge in [0.1, 0.15) is 0 Å². The number of anilines is 1. The van der Waals surface area contributed by atoms with E-state index in [4.69, 9.17) is 0 Å². The molecule has 2 rings (SSSR count). The lowest BCUT2D eigenvalue weighted by Crippen LogP contribution is -2.29. The number of amides is 1. The third-order valence-electron chi connectivity index (χ3n) is 4.31. The topological polar surface area (TPSA) is 36.4 Å². The van der Waals surface area contributed by atoms with Crippen molar-refractivity contribution in [3.05, 3.63) is 59.9 Å². The maximum absolute atomic E-state index is 12.7. The molecular formula is C19H25N3O. The molecule has 0 saturated carbocycles. The molecule has 0 saturated heterocycles. The van der Waals surface area contributed by atoms with Gasteiger partial charge in [-0.15, -0.1) is 0 Å². The number of carbonyl (C=O) groups is 1. The molecule has 0 bridgehead atoms. The minimum Gasteiger partial charge on any atom is -0.372 e. The number of hydrogen-bond donors (Lipinski definition) is 0. The summed E-state index contributed by atoms with van der Waals surface area (Å²) in [7, 11) is 1.83. The van der Waals surface area contributed by atoms with Crippen molar-refractivity contribution in [2.75, 3.05) is 25.0 Å². The first kappa shape index (κ1) is 17.0. The molecule has 4 heteroatoms. The molecule has 2 aromatic rings. The molecule has 23 heavy (non-hydrogen) atoms. The SMILES string of the molecule is CCN(CC)c1ccc(C(=O)N(C)C(C)c2cccnc2)cc1. The van der Waals surface area contributed by atoms with Crippen LogP contribution in [0, 0.1) is 0 Å². The molecule has 0 N–H and O–H groups in total.